The van der Waals surface area contributed by atoms with E-state index in [2.05, 4.69) is 73.0 Å². The Kier molecular flexibility index (Phi) is 20.3. The summed E-state index contributed by atoms with van der Waals surface area (Å²) in [5, 5.41) is 3.55. The smallest absolute Gasteiger partial charge is 0.0320 e. The molecular weight excluding hydrogens is 418 g/mol. The van der Waals surface area contributed by atoms with Gasteiger partial charge in [-0.05, 0) is 63.7 Å². The van der Waals surface area contributed by atoms with Crippen molar-refractivity contribution in [2.45, 2.75) is 132 Å². The molecule has 0 aromatic carbocycles. The lowest BCUT2D eigenvalue weighted by molar-refractivity contribution is 0.389. The zero-order valence-corrected chi connectivity index (χ0v) is 24.4. The first-order chi connectivity index (χ1) is 15.6. The van der Waals surface area contributed by atoms with Crippen LogP contribution in [0.1, 0.15) is 126 Å². The number of hydrogen-bond donors (Lipinski definition) is 1. The van der Waals surface area contributed by atoms with Gasteiger partial charge >= 0.3 is 0 Å². The second kappa shape index (κ2) is 20.7. The van der Waals surface area contributed by atoms with Crippen LogP contribution >= 0.6 is 11.8 Å². The van der Waals surface area contributed by atoms with Gasteiger partial charge < -0.3 is 5.32 Å². The van der Waals surface area contributed by atoms with Gasteiger partial charge in [0.25, 0.3) is 0 Å². The highest BCUT2D eigenvalue weighted by Gasteiger charge is 2.07. The molecular formula is C31H59NS. The van der Waals surface area contributed by atoms with Crippen LogP contribution < -0.4 is 5.32 Å². The summed E-state index contributed by atoms with van der Waals surface area (Å²) in [5.41, 5.74) is 4.04. The van der Waals surface area contributed by atoms with E-state index in [1.54, 1.807) is 5.57 Å². The van der Waals surface area contributed by atoms with Crippen LogP contribution in [-0.4, -0.2) is 17.5 Å². The average molecular weight is 478 g/mol. The molecule has 0 radical (unpaired) electrons. The summed E-state index contributed by atoms with van der Waals surface area (Å²) >= 11 is 2.02. The Morgan fingerprint density at radius 2 is 1.39 bits per heavy atom. The van der Waals surface area contributed by atoms with Crippen molar-refractivity contribution in [3.63, 3.8) is 0 Å². The second-order valence-corrected chi connectivity index (χ2v) is 12.3. The molecule has 0 amide bonds. The molecule has 3 atom stereocenters. The fraction of sp³-hybridized carbons (Fsp3) is 0.806. The summed E-state index contributed by atoms with van der Waals surface area (Å²) in [5.74, 6) is 4.91. The van der Waals surface area contributed by atoms with Gasteiger partial charge in [-0.15, -0.1) is 0 Å². The first kappa shape index (κ1) is 32.4. The monoisotopic (exact) mass is 477 g/mol. The molecule has 0 aliphatic heterocycles. The maximum atomic E-state index is 4.18. The molecule has 3 unspecified atom stereocenters. The van der Waals surface area contributed by atoms with E-state index in [4.69, 9.17) is 0 Å². The maximum absolute atomic E-state index is 4.18. The predicted molar refractivity (Wildman–Crippen MR) is 156 cm³/mol. The SMILES string of the molecule is C=C(CC)CCC(=C)NC(C)CSC/C=C(\C)CCCC(C)CCCC(C)CCCC(C)C. The van der Waals surface area contributed by atoms with Crippen LogP contribution in [0.25, 0.3) is 0 Å². The number of hydrogen-bond acceptors (Lipinski definition) is 2. The highest BCUT2D eigenvalue weighted by Crippen LogP contribution is 2.22. The Bertz CT molecular complexity index is 533. The Hall–Kier alpha value is -0.630. The van der Waals surface area contributed by atoms with Crippen molar-refractivity contribution in [2.75, 3.05) is 11.5 Å². The van der Waals surface area contributed by atoms with Crippen molar-refractivity contribution in [3.8, 4) is 0 Å². The molecule has 1 N–H and O–H groups in total. The summed E-state index contributed by atoms with van der Waals surface area (Å²) in [6.45, 7) is 24.6. The molecule has 194 valence electrons. The van der Waals surface area contributed by atoms with E-state index in [9.17, 15) is 0 Å². The number of allylic oxidation sites excluding steroid dienone is 3. The summed E-state index contributed by atoms with van der Waals surface area (Å²) < 4.78 is 0. The van der Waals surface area contributed by atoms with Crippen LogP contribution in [0.15, 0.2) is 36.1 Å². The quantitative estimate of drug-likeness (QED) is 0.123. The molecule has 33 heavy (non-hydrogen) atoms. The number of thioether (sulfide) groups is 1. The molecule has 0 fully saturated rings. The van der Waals surface area contributed by atoms with E-state index in [1.807, 2.05) is 11.8 Å². The minimum Gasteiger partial charge on any atom is -0.386 e. The minimum atomic E-state index is 0.477. The molecule has 2 heteroatoms. The third-order valence-corrected chi connectivity index (χ3v) is 7.93. The summed E-state index contributed by atoms with van der Waals surface area (Å²) in [6, 6.07) is 0.477. The fourth-order valence-electron chi connectivity index (χ4n) is 4.22. The minimum absolute atomic E-state index is 0.477. The lowest BCUT2D eigenvalue weighted by atomic mass is 9.91. The van der Waals surface area contributed by atoms with Gasteiger partial charge in [-0.2, -0.15) is 11.8 Å². The van der Waals surface area contributed by atoms with E-state index in [0.717, 1.165) is 54.2 Å². The summed E-state index contributed by atoms with van der Waals surface area (Å²) in [6.07, 6.45) is 18.1. The van der Waals surface area contributed by atoms with E-state index in [-0.39, 0.29) is 0 Å². The van der Waals surface area contributed by atoms with E-state index in [1.165, 1.54) is 63.4 Å². The third-order valence-electron chi connectivity index (χ3n) is 6.79. The molecule has 1 nitrogen and oxygen atoms in total. The molecule has 0 saturated carbocycles. The van der Waals surface area contributed by atoms with Crippen LogP contribution in [0.3, 0.4) is 0 Å². The van der Waals surface area contributed by atoms with Crippen LogP contribution in [0, 0.1) is 17.8 Å². The predicted octanol–water partition coefficient (Wildman–Crippen LogP) is 10.3. The fourth-order valence-corrected chi connectivity index (χ4v) is 5.20. The van der Waals surface area contributed by atoms with Gasteiger partial charge in [0.1, 0.15) is 0 Å². The normalized spacial score (nSPS) is 14.8. The second-order valence-electron chi connectivity index (χ2n) is 11.2. The van der Waals surface area contributed by atoms with Gasteiger partial charge in [-0.3, -0.25) is 0 Å². The Balaban J connectivity index is 3.77. The Morgan fingerprint density at radius 1 is 0.818 bits per heavy atom. The molecule has 0 heterocycles. The van der Waals surface area contributed by atoms with E-state index >= 15 is 0 Å². The summed E-state index contributed by atoms with van der Waals surface area (Å²) in [7, 11) is 0. The van der Waals surface area contributed by atoms with Crippen LogP contribution in [0.5, 0.6) is 0 Å². The van der Waals surface area contributed by atoms with Crippen molar-refractivity contribution in [1.82, 2.24) is 5.32 Å². The van der Waals surface area contributed by atoms with Gasteiger partial charge in [0.05, 0.1) is 0 Å². The Labute approximate surface area is 213 Å². The molecule has 0 aliphatic carbocycles. The number of rotatable bonds is 22. The molecule has 0 aliphatic rings. The highest BCUT2D eigenvalue weighted by molar-refractivity contribution is 7.99. The average Bonchev–Trinajstić information content (AvgIpc) is 2.74. The Morgan fingerprint density at radius 3 is 1.97 bits per heavy atom. The largest absolute Gasteiger partial charge is 0.386 e. The standard InChI is InChI=1S/C31H59NS/c1-10-26(4)20-21-30(8)32-31(9)24-33-23-22-29(7)19-13-18-28(6)17-12-16-27(5)15-11-14-25(2)3/h22,25,27-28,31-32H,4,8,10-21,23-24H2,1-3,5-7,9H3/b29-22+. The van der Waals surface area contributed by atoms with Crippen molar-refractivity contribution in [3.05, 3.63) is 36.1 Å². The third kappa shape index (κ3) is 21.6. The summed E-state index contributed by atoms with van der Waals surface area (Å²) in [4.78, 5) is 0. The van der Waals surface area contributed by atoms with Gasteiger partial charge in [-0.1, -0.05) is 110 Å². The molecule has 0 spiro atoms. The van der Waals surface area contributed by atoms with Crippen LogP contribution in [0.4, 0.5) is 0 Å². The first-order valence-electron chi connectivity index (χ1n) is 14.0. The van der Waals surface area contributed by atoms with E-state index in [0.29, 0.717) is 6.04 Å². The molecule has 0 bridgehead atoms. The van der Waals surface area contributed by atoms with Crippen molar-refractivity contribution in [2.24, 2.45) is 17.8 Å². The van der Waals surface area contributed by atoms with Gasteiger partial charge in [-0.25, -0.2) is 0 Å². The zero-order chi connectivity index (χ0) is 25.1. The van der Waals surface area contributed by atoms with Gasteiger partial charge in [0.15, 0.2) is 0 Å². The lowest BCUT2D eigenvalue weighted by Gasteiger charge is -2.17. The highest BCUT2D eigenvalue weighted by atomic mass is 32.2. The zero-order valence-electron chi connectivity index (χ0n) is 23.6. The van der Waals surface area contributed by atoms with Crippen LogP contribution in [0.2, 0.25) is 0 Å². The van der Waals surface area contributed by atoms with Crippen molar-refractivity contribution < 1.29 is 0 Å². The first-order valence-corrected chi connectivity index (χ1v) is 15.1. The number of nitrogens with one attached hydrogen (secondary N) is 1. The molecule has 0 aromatic rings. The molecule has 0 aromatic heterocycles. The van der Waals surface area contributed by atoms with E-state index < -0.39 is 0 Å². The van der Waals surface area contributed by atoms with Gasteiger partial charge in [0.2, 0.25) is 0 Å². The molecule has 0 saturated heterocycles. The van der Waals surface area contributed by atoms with Crippen LogP contribution in [-0.2, 0) is 0 Å². The molecule has 0 rings (SSSR count). The lowest BCUT2D eigenvalue weighted by Crippen LogP contribution is -2.27. The van der Waals surface area contributed by atoms with Crippen molar-refractivity contribution in [1.29, 1.82) is 0 Å². The maximum Gasteiger partial charge on any atom is 0.0320 e. The van der Waals surface area contributed by atoms with Crippen molar-refractivity contribution >= 4 is 11.8 Å². The topological polar surface area (TPSA) is 12.0 Å². The van der Waals surface area contributed by atoms with Gasteiger partial charge in [0, 0.05) is 23.2 Å².